The molecule has 2 aromatic carbocycles. The summed E-state index contributed by atoms with van der Waals surface area (Å²) in [6, 6.07) is 12.2. The van der Waals surface area contributed by atoms with Crippen LogP contribution in [0.5, 0.6) is 5.75 Å². The predicted octanol–water partition coefficient (Wildman–Crippen LogP) is 3.16. The van der Waals surface area contributed by atoms with Crippen molar-refractivity contribution >= 4 is 11.6 Å². The number of nitrogens with zero attached hydrogens (tertiary/aromatic N) is 3. The number of nitrogens with one attached hydrogen (secondary N) is 1. The third-order valence-electron chi connectivity index (χ3n) is 4.45. The summed E-state index contributed by atoms with van der Waals surface area (Å²) in [5, 5.41) is 35.2. The SMILES string of the molecule is CC(C)Oc1ccc(-c2nc(-c3ccc(CNC(CO)CO)cc3Cl)no2)cc1C#N. The lowest BCUT2D eigenvalue weighted by Crippen LogP contribution is -2.35. The van der Waals surface area contributed by atoms with E-state index in [1.807, 2.05) is 19.9 Å². The summed E-state index contributed by atoms with van der Waals surface area (Å²) in [6.45, 7) is 3.90. The van der Waals surface area contributed by atoms with Crippen molar-refractivity contribution in [2.75, 3.05) is 13.2 Å². The number of hydrogen-bond acceptors (Lipinski definition) is 8. The zero-order chi connectivity index (χ0) is 22.4. The van der Waals surface area contributed by atoms with Gasteiger partial charge in [-0.1, -0.05) is 22.8 Å². The molecule has 8 nitrogen and oxygen atoms in total. The molecule has 1 aromatic heterocycles. The lowest BCUT2D eigenvalue weighted by Gasteiger charge is -2.13. The Morgan fingerprint density at radius 3 is 2.61 bits per heavy atom. The second kappa shape index (κ2) is 10.4. The zero-order valence-electron chi connectivity index (χ0n) is 17.2. The fourth-order valence-electron chi connectivity index (χ4n) is 2.86. The molecule has 0 saturated carbocycles. The van der Waals surface area contributed by atoms with Gasteiger partial charge in [-0.25, -0.2) is 0 Å². The number of aromatic nitrogens is 2. The van der Waals surface area contributed by atoms with E-state index in [-0.39, 0.29) is 25.2 Å². The van der Waals surface area contributed by atoms with E-state index in [4.69, 9.17) is 31.1 Å². The van der Waals surface area contributed by atoms with Gasteiger partial charge in [-0.2, -0.15) is 10.2 Å². The van der Waals surface area contributed by atoms with Crippen LogP contribution in [0.3, 0.4) is 0 Å². The van der Waals surface area contributed by atoms with Crippen LogP contribution in [0.15, 0.2) is 40.9 Å². The molecule has 9 heteroatoms. The Morgan fingerprint density at radius 2 is 1.97 bits per heavy atom. The smallest absolute Gasteiger partial charge is 0.258 e. The molecule has 0 aliphatic rings. The number of hydrogen-bond donors (Lipinski definition) is 3. The highest BCUT2D eigenvalue weighted by Gasteiger charge is 2.16. The van der Waals surface area contributed by atoms with Crippen molar-refractivity contribution in [3.8, 4) is 34.7 Å². The second-order valence-electron chi connectivity index (χ2n) is 7.17. The molecule has 162 valence electrons. The van der Waals surface area contributed by atoms with Crippen LogP contribution in [0, 0.1) is 11.3 Å². The highest BCUT2D eigenvalue weighted by molar-refractivity contribution is 6.33. The van der Waals surface area contributed by atoms with Crippen LogP contribution >= 0.6 is 11.6 Å². The zero-order valence-corrected chi connectivity index (χ0v) is 17.9. The van der Waals surface area contributed by atoms with Gasteiger partial charge in [-0.3, -0.25) is 0 Å². The van der Waals surface area contributed by atoms with Gasteiger partial charge in [0, 0.05) is 17.7 Å². The normalized spacial score (nSPS) is 11.2. The van der Waals surface area contributed by atoms with Crippen LogP contribution in [-0.2, 0) is 6.54 Å². The Bertz CT molecular complexity index is 1070. The molecule has 0 bridgehead atoms. The number of ether oxygens (including phenoxy) is 1. The van der Waals surface area contributed by atoms with E-state index in [0.29, 0.717) is 39.8 Å². The summed E-state index contributed by atoms with van der Waals surface area (Å²) >= 11 is 6.41. The predicted molar refractivity (Wildman–Crippen MR) is 115 cm³/mol. The molecular weight excluding hydrogens is 420 g/mol. The van der Waals surface area contributed by atoms with E-state index in [1.165, 1.54) is 0 Å². The maximum atomic E-state index is 9.41. The number of aliphatic hydroxyl groups is 2. The molecule has 31 heavy (non-hydrogen) atoms. The molecule has 0 saturated heterocycles. The minimum atomic E-state index is -0.395. The Morgan fingerprint density at radius 1 is 1.19 bits per heavy atom. The van der Waals surface area contributed by atoms with Gasteiger partial charge in [0.1, 0.15) is 11.8 Å². The summed E-state index contributed by atoms with van der Waals surface area (Å²) in [5.41, 5.74) is 2.46. The first-order valence-corrected chi connectivity index (χ1v) is 10.1. The van der Waals surface area contributed by atoms with Gasteiger partial charge in [0.05, 0.1) is 35.9 Å². The summed E-state index contributed by atoms with van der Waals surface area (Å²) in [5.74, 6) is 1.08. The monoisotopic (exact) mass is 442 g/mol. The van der Waals surface area contributed by atoms with Crippen molar-refractivity contribution in [3.05, 3.63) is 52.5 Å². The Hall–Kier alpha value is -2.96. The second-order valence-corrected chi connectivity index (χ2v) is 7.58. The maximum absolute atomic E-state index is 9.41. The summed E-state index contributed by atoms with van der Waals surface area (Å²) in [6.07, 6.45) is -0.0496. The van der Waals surface area contributed by atoms with Gasteiger partial charge in [0.2, 0.25) is 5.82 Å². The standard InChI is InChI=1S/C22H23ClN4O4/c1-13(2)30-20-6-4-15(8-16(20)9-24)22-26-21(27-31-22)18-5-3-14(7-19(18)23)10-25-17(11-28)12-29/h3-8,13,17,25,28-29H,10-12H2,1-2H3. The minimum absolute atomic E-state index is 0.0496. The van der Waals surface area contributed by atoms with E-state index >= 15 is 0 Å². The van der Waals surface area contributed by atoms with Crippen molar-refractivity contribution < 1.29 is 19.5 Å². The van der Waals surface area contributed by atoms with Crippen molar-refractivity contribution in [2.24, 2.45) is 0 Å². The molecule has 3 rings (SSSR count). The number of nitriles is 1. The molecular formula is C22H23ClN4O4. The van der Waals surface area contributed by atoms with Gasteiger partial charge >= 0.3 is 0 Å². The minimum Gasteiger partial charge on any atom is -0.490 e. The molecule has 0 fully saturated rings. The fourth-order valence-corrected chi connectivity index (χ4v) is 3.14. The largest absolute Gasteiger partial charge is 0.490 e. The molecule has 0 aliphatic heterocycles. The third kappa shape index (κ3) is 5.60. The Balaban J connectivity index is 1.80. The molecule has 3 aromatic rings. The Kier molecular flexibility index (Phi) is 7.60. The van der Waals surface area contributed by atoms with Gasteiger partial charge in [-0.15, -0.1) is 0 Å². The molecule has 0 aliphatic carbocycles. The van der Waals surface area contributed by atoms with Crippen molar-refractivity contribution in [2.45, 2.75) is 32.5 Å². The first kappa shape index (κ1) is 22.7. The average molecular weight is 443 g/mol. The van der Waals surface area contributed by atoms with E-state index in [0.717, 1.165) is 5.56 Å². The van der Waals surface area contributed by atoms with Gasteiger partial charge in [0.15, 0.2) is 0 Å². The fraction of sp³-hybridized carbons (Fsp3) is 0.318. The highest BCUT2D eigenvalue weighted by atomic mass is 35.5. The number of rotatable bonds is 9. The first-order chi connectivity index (χ1) is 14.9. The lowest BCUT2D eigenvalue weighted by molar-refractivity contribution is 0.170. The van der Waals surface area contributed by atoms with Crippen molar-refractivity contribution in [1.82, 2.24) is 15.5 Å². The van der Waals surface area contributed by atoms with Crippen LogP contribution < -0.4 is 10.1 Å². The molecule has 0 radical (unpaired) electrons. The van der Waals surface area contributed by atoms with Crippen LogP contribution in [0.1, 0.15) is 25.0 Å². The lowest BCUT2D eigenvalue weighted by atomic mass is 10.1. The van der Waals surface area contributed by atoms with Crippen LogP contribution in [0.4, 0.5) is 0 Å². The molecule has 0 amide bonds. The quantitative estimate of drug-likeness (QED) is 0.461. The van der Waals surface area contributed by atoms with E-state index in [1.54, 1.807) is 30.3 Å². The van der Waals surface area contributed by atoms with Crippen molar-refractivity contribution in [1.29, 1.82) is 5.26 Å². The summed E-state index contributed by atoms with van der Waals surface area (Å²) in [7, 11) is 0. The highest BCUT2D eigenvalue weighted by Crippen LogP contribution is 2.30. The molecule has 0 unspecified atom stereocenters. The van der Waals surface area contributed by atoms with E-state index in [2.05, 4.69) is 21.5 Å². The molecule has 0 atom stereocenters. The number of aliphatic hydroxyl groups excluding tert-OH is 2. The van der Waals surface area contributed by atoms with E-state index < -0.39 is 6.04 Å². The van der Waals surface area contributed by atoms with Crippen LogP contribution in [0.2, 0.25) is 5.02 Å². The topological polar surface area (TPSA) is 124 Å². The third-order valence-corrected chi connectivity index (χ3v) is 4.76. The number of benzene rings is 2. The average Bonchev–Trinajstić information content (AvgIpc) is 3.24. The van der Waals surface area contributed by atoms with Gasteiger partial charge < -0.3 is 24.8 Å². The molecule has 0 spiro atoms. The summed E-state index contributed by atoms with van der Waals surface area (Å²) < 4.78 is 11.0. The summed E-state index contributed by atoms with van der Waals surface area (Å²) in [4.78, 5) is 4.41. The number of halogens is 1. The Labute approximate surface area is 185 Å². The first-order valence-electron chi connectivity index (χ1n) is 9.74. The van der Waals surface area contributed by atoms with Crippen LogP contribution in [0.25, 0.3) is 22.8 Å². The molecule has 3 N–H and O–H groups in total. The van der Waals surface area contributed by atoms with Crippen LogP contribution in [-0.4, -0.2) is 45.7 Å². The molecule has 1 heterocycles. The van der Waals surface area contributed by atoms with Crippen molar-refractivity contribution in [3.63, 3.8) is 0 Å². The van der Waals surface area contributed by atoms with E-state index in [9.17, 15) is 5.26 Å². The van der Waals surface area contributed by atoms with Gasteiger partial charge in [0.25, 0.3) is 5.89 Å². The maximum Gasteiger partial charge on any atom is 0.258 e. The van der Waals surface area contributed by atoms with Gasteiger partial charge in [-0.05, 0) is 49.7 Å².